The fraction of sp³-hybridized carbons (Fsp3) is 0.483. The van der Waals surface area contributed by atoms with Gasteiger partial charge in [0, 0.05) is 60.7 Å². The zero-order valence-electron chi connectivity index (χ0n) is 21.7. The summed E-state index contributed by atoms with van der Waals surface area (Å²) in [5.41, 5.74) is 3.67. The number of aromatic nitrogens is 1. The van der Waals surface area contributed by atoms with Gasteiger partial charge in [-0.2, -0.15) is 0 Å². The third-order valence-corrected chi connectivity index (χ3v) is 9.17. The van der Waals surface area contributed by atoms with Gasteiger partial charge in [0.1, 0.15) is 5.82 Å². The number of carbonyl (C=O) groups excluding carboxylic acids is 2. The predicted octanol–water partition coefficient (Wildman–Crippen LogP) is 4.02. The van der Waals surface area contributed by atoms with E-state index in [4.69, 9.17) is 4.74 Å². The molecule has 0 radical (unpaired) electrons. The van der Waals surface area contributed by atoms with Gasteiger partial charge in [-0.05, 0) is 61.5 Å². The maximum atomic E-state index is 12.8. The van der Waals surface area contributed by atoms with Crippen LogP contribution in [-0.4, -0.2) is 84.1 Å². The molecule has 0 aliphatic carbocycles. The molecular weight excluding hydrogens is 498 g/mol. The number of likely N-dealkylation sites (tertiary alicyclic amines) is 1. The Bertz CT molecular complexity index is 1230. The van der Waals surface area contributed by atoms with E-state index >= 15 is 0 Å². The molecule has 200 valence electrons. The topological polar surface area (TPSA) is 78.0 Å². The summed E-state index contributed by atoms with van der Waals surface area (Å²) in [5, 5.41) is 5.04. The number of nitrogens with one attached hydrogen (secondary N) is 1. The Labute approximate surface area is 228 Å². The molecule has 3 amide bonds. The quantitative estimate of drug-likeness (QED) is 0.430. The van der Waals surface area contributed by atoms with Crippen molar-refractivity contribution in [3.63, 3.8) is 0 Å². The van der Waals surface area contributed by atoms with E-state index in [2.05, 4.69) is 38.8 Å². The van der Waals surface area contributed by atoms with Crippen LogP contribution in [-0.2, 0) is 22.5 Å². The summed E-state index contributed by atoms with van der Waals surface area (Å²) in [6.45, 7) is 7.45. The molecule has 2 saturated heterocycles. The van der Waals surface area contributed by atoms with Crippen LogP contribution in [0.2, 0.25) is 0 Å². The minimum atomic E-state index is -0.0963. The number of pyridine rings is 1. The van der Waals surface area contributed by atoms with Crippen LogP contribution >= 0.6 is 11.3 Å². The summed E-state index contributed by atoms with van der Waals surface area (Å²) in [6, 6.07) is 6.17. The standard InChI is InChI=1S/C29H35N5O3S/c35-26(33-9-5-22(6-10-33)17-25-2-1-15-38-25)4-3-23-16-24-19-34(28(36)31-27(24)30-18-23)14-13-32-11-7-29(8-12-32)20-37-21-29/h1-5,15-16,18H,6-14,17,19-21H2,(H,30,31,36)/b4-3+. The molecule has 2 aromatic heterocycles. The molecule has 8 nitrogen and oxygen atoms in total. The van der Waals surface area contributed by atoms with Gasteiger partial charge in [-0.15, -0.1) is 11.3 Å². The van der Waals surface area contributed by atoms with E-state index < -0.39 is 0 Å². The lowest BCUT2D eigenvalue weighted by atomic mass is 9.77. The number of hydrogen-bond acceptors (Lipinski definition) is 6. The third kappa shape index (κ3) is 5.70. The summed E-state index contributed by atoms with van der Waals surface area (Å²) in [5.74, 6) is 0.625. The number of nitrogens with zero attached hydrogens (tertiary/aromatic N) is 4. The lowest BCUT2D eigenvalue weighted by Crippen LogP contribution is -2.52. The Kier molecular flexibility index (Phi) is 7.32. The van der Waals surface area contributed by atoms with E-state index in [1.165, 1.54) is 23.3 Å². The summed E-state index contributed by atoms with van der Waals surface area (Å²) in [7, 11) is 0. The van der Waals surface area contributed by atoms with Crippen molar-refractivity contribution in [1.29, 1.82) is 0 Å². The minimum absolute atomic E-state index is 0.0147. The van der Waals surface area contributed by atoms with Crippen molar-refractivity contribution in [3.05, 3.63) is 63.5 Å². The molecule has 1 N–H and O–H groups in total. The van der Waals surface area contributed by atoms with Crippen LogP contribution in [0.1, 0.15) is 35.3 Å². The number of thiophene rings is 1. The molecule has 0 atom stereocenters. The SMILES string of the molecule is O=C(/C=C/c1cnc2c(c1)CN(CCN1CCC3(CC1)COC3)C(=O)N2)N1CC=C(Cc2cccs2)CC1. The lowest BCUT2D eigenvalue weighted by molar-refractivity contribution is -0.139. The molecule has 6 rings (SSSR count). The van der Waals surface area contributed by atoms with Gasteiger partial charge < -0.3 is 19.4 Å². The van der Waals surface area contributed by atoms with Crippen molar-refractivity contribution in [2.24, 2.45) is 5.41 Å². The van der Waals surface area contributed by atoms with Crippen LogP contribution in [0.15, 0.2) is 47.5 Å². The van der Waals surface area contributed by atoms with Gasteiger partial charge in [0.15, 0.2) is 0 Å². The average Bonchev–Trinajstić information content (AvgIpc) is 3.43. The van der Waals surface area contributed by atoms with Crippen LogP contribution in [0.4, 0.5) is 10.6 Å². The molecule has 0 saturated carbocycles. The maximum absolute atomic E-state index is 12.8. The first-order valence-corrected chi connectivity index (χ1v) is 14.5. The maximum Gasteiger partial charge on any atom is 0.323 e. The van der Waals surface area contributed by atoms with Crippen molar-refractivity contribution >= 4 is 35.2 Å². The number of hydrogen-bond donors (Lipinski definition) is 1. The Balaban J connectivity index is 1.01. The number of piperidine rings is 1. The van der Waals surface area contributed by atoms with Crippen molar-refractivity contribution in [1.82, 2.24) is 19.7 Å². The average molecular weight is 534 g/mol. The molecule has 9 heteroatoms. The minimum Gasteiger partial charge on any atom is -0.380 e. The summed E-state index contributed by atoms with van der Waals surface area (Å²) >= 11 is 1.78. The monoisotopic (exact) mass is 533 g/mol. The van der Waals surface area contributed by atoms with Crippen LogP contribution in [0.25, 0.3) is 6.08 Å². The van der Waals surface area contributed by atoms with Gasteiger partial charge in [-0.3, -0.25) is 10.1 Å². The molecule has 0 unspecified atom stereocenters. The second kappa shape index (κ2) is 11.0. The second-order valence-corrected chi connectivity index (χ2v) is 12.0. The van der Waals surface area contributed by atoms with E-state index in [0.29, 0.717) is 30.9 Å². The number of ether oxygens (including phenoxy) is 1. The van der Waals surface area contributed by atoms with Crippen molar-refractivity contribution in [2.45, 2.75) is 32.2 Å². The van der Waals surface area contributed by atoms with Crippen molar-refractivity contribution in [2.75, 3.05) is 57.8 Å². The van der Waals surface area contributed by atoms with Gasteiger partial charge in [0.25, 0.3) is 0 Å². The first-order valence-electron chi connectivity index (χ1n) is 13.6. The van der Waals surface area contributed by atoms with E-state index in [1.807, 2.05) is 21.9 Å². The number of fused-ring (bicyclic) bond motifs is 1. The highest BCUT2D eigenvalue weighted by Crippen LogP contribution is 2.38. The fourth-order valence-electron chi connectivity index (χ4n) is 5.67. The highest BCUT2D eigenvalue weighted by atomic mass is 32.1. The lowest BCUT2D eigenvalue weighted by Gasteiger charge is -2.47. The van der Waals surface area contributed by atoms with Crippen LogP contribution < -0.4 is 5.32 Å². The number of anilines is 1. The van der Waals surface area contributed by atoms with Gasteiger partial charge in [0.05, 0.1) is 19.8 Å². The first-order chi connectivity index (χ1) is 18.6. The zero-order valence-corrected chi connectivity index (χ0v) is 22.5. The molecule has 4 aliphatic heterocycles. The van der Waals surface area contributed by atoms with Crippen molar-refractivity contribution < 1.29 is 14.3 Å². The van der Waals surface area contributed by atoms with Crippen molar-refractivity contribution in [3.8, 4) is 0 Å². The molecule has 38 heavy (non-hydrogen) atoms. The smallest absolute Gasteiger partial charge is 0.323 e. The van der Waals surface area contributed by atoms with Crippen LogP contribution in [0, 0.1) is 5.41 Å². The molecule has 2 aromatic rings. The summed E-state index contributed by atoms with van der Waals surface area (Å²) < 4.78 is 5.43. The summed E-state index contributed by atoms with van der Waals surface area (Å²) in [6.07, 6.45) is 11.6. The number of carbonyl (C=O) groups is 2. The second-order valence-electron chi connectivity index (χ2n) is 10.9. The molecule has 0 bridgehead atoms. The number of urea groups is 1. The van der Waals surface area contributed by atoms with Gasteiger partial charge in [-0.25, -0.2) is 9.78 Å². The Morgan fingerprint density at radius 1 is 1.21 bits per heavy atom. The van der Waals surface area contributed by atoms with Crippen LogP contribution in [0.3, 0.4) is 0 Å². The molecule has 4 aliphatic rings. The fourth-order valence-corrected chi connectivity index (χ4v) is 6.42. The molecule has 6 heterocycles. The van der Waals surface area contributed by atoms with Crippen LogP contribution in [0.5, 0.6) is 0 Å². The number of amides is 3. The number of rotatable bonds is 7. The Hall–Kier alpha value is -3.01. The van der Waals surface area contributed by atoms with E-state index in [1.54, 1.807) is 23.6 Å². The van der Waals surface area contributed by atoms with Gasteiger partial charge >= 0.3 is 6.03 Å². The third-order valence-electron chi connectivity index (χ3n) is 8.30. The molecule has 0 aromatic carbocycles. The predicted molar refractivity (Wildman–Crippen MR) is 149 cm³/mol. The highest BCUT2D eigenvalue weighted by Gasteiger charge is 2.41. The zero-order chi connectivity index (χ0) is 26.0. The molecule has 1 spiro atoms. The van der Waals surface area contributed by atoms with E-state index in [9.17, 15) is 9.59 Å². The largest absolute Gasteiger partial charge is 0.380 e. The normalized spacial score (nSPS) is 21.3. The molecular formula is C29H35N5O3S. The molecule has 2 fully saturated rings. The van der Waals surface area contributed by atoms with E-state index in [0.717, 1.165) is 63.4 Å². The van der Waals surface area contributed by atoms with E-state index in [-0.39, 0.29) is 11.9 Å². The van der Waals surface area contributed by atoms with Gasteiger partial charge in [-0.1, -0.05) is 17.7 Å². The summed E-state index contributed by atoms with van der Waals surface area (Å²) in [4.78, 5) is 37.5. The highest BCUT2D eigenvalue weighted by molar-refractivity contribution is 7.09. The Morgan fingerprint density at radius 3 is 2.79 bits per heavy atom. The van der Waals surface area contributed by atoms with Gasteiger partial charge in [0.2, 0.25) is 5.91 Å². The Morgan fingerprint density at radius 2 is 2.08 bits per heavy atom. The first kappa shape index (κ1) is 25.3.